The first-order valence-electron chi connectivity index (χ1n) is 5.45. The van der Waals surface area contributed by atoms with Gasteiger partial charge in [-0.05, 0) is 54.1 Å². The highest BCUT2D eigenvalue weighted by Crippen LogP contribution is 2.13. The molecule has 1 aromatic rings. The van der Waals surface area contributed by atoms with E-state index in [0.29, 0.717) is 12.1 Å². The smallest absolute Gasteiger partial charge is 0.329 e. The number of hydrogen-bond acceptors (Lipinski definition) is 2. The van der Waals surface area contributed by atoms with Crippen molar-refractivity contribution in [1.29, 1.82) is 0 Å². The Kier molecular flexibility index (Phi) is 4.94. The molecule has 0 aliphatic rings. The van der Waals surface area contributed by atoms with Crippen LogP contribution in [0, 0.1) is 3.57 Å². The fourth-order valence-corrected chi connectivity index (χ4v) is 1.82. The second kappa shape index (κ2) is 6.03. The third kappa shape index (κ3) is 3.86. The van der Waals surface area contributed by atoms with Crippen molar-refractivity contribution in [2.45, 2.75) is 25.8 Å². The van der Waals surface area contributed by atoms with Gasteiger partial charge in [-0.1, -0.05) is 13.0 Å². The summed E-state index contributed by atoms with van der Waals surface area (Å²) >= 11 is 2.13. The highest BCUT2D eigenvalue weighted by molar-refractivity contribution is 14.1. The zero-order chi connectivity index (χ0) is 13.8. The standard InChI is InChI=1S/C12H15IN2O3/c1-3-12(2,10(16)17)15-11(18)14-9-6-4-5-8(13)7-9/h4-7H,3H2,1-2H3,(H,16,17)(H2,14,15,18). The van der Waals surface area contributed by atoms with Crippen molar-refractivity contribution in [2.75, 3.05) is 5.32 Å². The number of hydrogen-bond donors (Lipinski definition) is 3. The molecule has 0 spiro atoms. The number of rotatable bonds is 4. The van der Waals surface area contributed by atoms with Crippen molar-refractivity contribution < 1.29 is 14.7 Å². The normalized spacial score (nSPS) is 13.5. The molecule has 0 saturated carbocycles. The Morgan fingerprint density at radius 3 is 2.61 bits per heavy atom. The summed E-state index contributed by atoms with van der Waals surface area (Å²) in [7, 11) is 0. The van der Waals surface area contributed by atoms with Gasteiger partial charge in [0, 0.05) is 9.26 Å². The van der Waals surface area contributed by atoms with Gasteiger partial charge in [0.05, 0.1) is 0 Å². The van der Waals surface area contributed by atoms with Gasteiger partial charge in [-0.15, -0.1) is 0 Å². The first-order valence-corrected chi connectivity index (χ1v) is 6.53. The number of nitrogens with one attached hydrogen (secondary N) is 2. The Morgan fingerprint density at radius 2 is 2.11 bits per heavy atom. The van der Waals surface area contributed by atoms with Gasteiger partial charge in [0.15, 0.2) is 0 Å². The van der Waals surface area contributed by atoms with Crippen LogP contribution in [0.15, 0.2) is 24.3 Å². The zero-order valence-electron chi connectivity index (χ0n) is 10.2. The summed E-state index contributed by atoms with van der Waals surface area (Å²) in [5, 5.41) is 14.1. The molecular formula is C12H15IN2O3. The Labute approximate surface area is 119 Å². The average molecular weight is 362 g/mol. The van der Waals surface area contributed by atoms with E-state index in [1.807, 2.05) is 12.1 Å². The fourth-order valence-electron chi connectivity index (χ4n) is 1.27. The van der Waals surface area contributed by atoms with Crippen LogP contribution in [0.25, 0.3) is 0 Å². The van der Waals surface area contributed by atoms with E-state index >= 15 is 0 Å². The topological polar surface area (TPSA) is 78.4 Å². The first kappa shape index (κ1) is 14.7. The molecule has 5 nitrogen and oxygen atoms in total. The van der Waals surface area contributed by atoms with Gasteiger partial charge < -0.3 is 15.7 Å². The number of anilines is 1. The van der Waals surface area contributed by atoms with Crippen LogP contribution in [-0.2, 0) is 4.79 Å². The van der Waals surface area contributed by atoms with E-state index in [4.69, 9.17) is 5.11 Å². The largest absolute Gasteiger partial charge is 0.480 e. The number of carbonyl (C=O) groups excluding carboxylic acids is 1. The molecule has 18 heavy (non-hydrogen) atoms. The summed E-state index contributed by atoms with van der Waals surface area (Å²) in [6.45, 7) is 3.18. The van der Waals surface area contributed by atoms with Crippen LogP contribution in [0.3, 0.4) is 0 Å². The molecule has 0 heterocycles. The molecule has 1 unspecified atom stereocenters. The summed E-state index contributed by atoms with van der Waals surface area (Å²) in [6.07, 6.45) is 0.308. The number of carbonyl (C=O) groups is 2. The molecule has 0 bridgehead atoms. The summed E-state index contributed by atoms with van der Waals surface area (Å²) in [5.74, 6) is -1.05. The Hall–Kier alpha value is -1.31. The lowest BCUT2D eigenvalue weighted by Gasteiger charge is -2.24. The Balaban J connectivity index is 2.70. The SMILES string of the molecule is CCC(C)(NC(=O)Nc1cccc(I)c1)C(=O)O. The molecule has 3 N–H and O–H groups in total. The number of aliphatic carboxylic acids is 1. The quantitative estimate of drug-likeness (QED) is 0.721. The van der Waals surface area contributed by atoms with E-state index in [-0.39, 0.29) is 0 Å². The van der Waals surface area contributed by atoms with E-state index in [1.54, 1.807) is 19.1 Å². The van der Waals surface area contributed by atoms with Crippen molar-refractivity contribution in [3.8, 4) is 0 Å². The second-order valence-corrected chi connectivity index (χ2v) is 5.33. The maximum absolute atomic E-state index is 11.7. The van der Waals surface area contributed by atoms with Crippen LogP contribution in [0.5, 0.6) is 0 Å². The van der Waals surface area contributed by atoms with Gasteiger partial charge in [0.2, 0.25) is 0 Å². The minimum absolute atomic E-state index is 0.308. The summed E-state index contributed by atoms with van der Waals surface area (Å²) in [6, 6.07) is 6.73. The van der Waals surface area contributed by atoms with Gasteiger partial charge in [-0.25, -0.2) is 9.59 Å². The lowest BCUT2D eigenvalue weighted by Crippen LogP contribution is -2.53. The van der Waals surface area contributed by atoms with Gasteiger partial charge >= 0.3 is 12.0 Å². The van der Waals surface area contributed by atoms with Crippen molar-refractivity contribution in [2.24, 2.45) is 0 Å². The van der Waals surface area contributed by atoms with E-state index in [9.17, 15) is 9.59 Å². The maximum Gasteiger partial charge on any atom is 0.329 e. The van der Waals surface area contributed by atoms with Crippen molar-refractivity contribution >= 4 is 40.3 Å². The molecule has 98 valence electrons. The minimum atomic E-state index is -1.26. The Bertz CT molecular complexity index is 464. The van der Waals surface area contributed by atoms with Crippen LogP contribution in [0.1, 0.15) is 20.3 Å². The van der Waals surface area contributed by atoms with Crippen LogP contribution in [0.2, 0.25) is 0 Å². The van der Waals surface area contributed by atoms with Crippen LogP contribution in [0.4, 0.5) is 10.5 Å². The molecular weight excluding hydrogens is 347 g/mol. The molecule has 1 aromatic carbocycles. The molecule has 2 amide bonds. The number of carboxylic acid groups (broad SMARTS) is 1. The van der Waals surface area contributed by atoms with Gasteiger partial charge in [-0.2, -0.15) is 0 Å². The summed E-state index contributed by atoms with van der Waals surface area (Å²) in [4.78, 5) is 22.8. The van der Waals surface area contributed by atoms with Crippen LogP contribution < -0.4 is 10.6 Å². The molecule has 0 aliphatic heterocycles. The van der Waals surface area contributed by atoms with Crippen molar-refractivity contribution in [3.05, 3.63) is 27.8 Å². The minimum Gasteiger partial charge on any atom is -0.480 e. The predicted molar refractivity (Wildman–Crippen MR) is 77.6 cm³/mol. The van der Waals surface area contributed by atoms with E-state index in [0.717, 1.165) is 3.57 Å². The molecule has 0 aliphatic carbocycles. The lowest BCUT2D eigenvalue weighted by molar-refractivity contribution is -0.143. The van der Waals surface area contributed by atoms with E-state index in [2.05, 4.69) is 33.2 Å². The van der Waals surface area contributed by atoms with Crippen LogP contribution >= 0.6 is 22.6 Å². The number of carboxylic acids is 1. The van der Waals surface area contributed by atoms with Gasteiger partial charge in [-0.3, -0.25) is 0 Å². The average Bonchev–Trinajstić information content (AvgIpc) is 2.28. The maximum atomic E-state index is 11.7. The van der Waals surface area contributed by atoms with Crippen molar-refractivity contribution in [3.63, 3.8) is 0 Å². The van der Waals surface area contributed by atoms with Crippen LogP contribution in [-0.4, -0.2) is 22.6 Å². The van der Waals surface area contributed by atoms with Gasteiger partial charge in [0.25, 0.3) is 0 Å². The van der Waals surface area contributed by atoms with Gasteiger partial charge in [0.1, 0.15) is 5.54 Å². The number of urea groups is 1. The Morgan fingerprint density at radius 1 is 1.44 bits per heavy atom. The number of benzene rings is 1. The summed E-state index contributed by atoms with van der Waals surface area (Å²) in [5.41, 5.74) is -0.630. The fraction of sp³-hybridized carbons (Fsp3) is 0.333. The monoisotopic (exact) mass is 362 g/mol. The lowest BCUT2D eigenvalue weighted by atomic mass is 10.00. The third-order valence-electron chi connectivity index (χ3n) is 2.65. The molecule has 0 saturated heterocycles. The van der Waals surface area contributed by atoms with E-state index < -0.39 is 17.5 Å². The van der Waals surface area contributed by atoms with E-state index in [1.165, 1.54) is 6.92 Å². The molecule has 1 atom stereocenters. The highest BCUT2D eigenvalue weighted by atomic mass is 127. The number of amides is 2. The molecule has 0 aromatic heterocycles. The predicted octanol–water partition coefficient (Wildman–Crippen LogP) is 2.67. The molecule has 0 radical (unpaired) electrons. The molecule has 6 heteroatoms. The third-order valence-corrected chi connectivity index (χ3v) is 3.32. The second-order valence-electron chi connectivity index (χ2n) is 4.08. The summed E-state index contributed by atoms with van der Waals surface area (Å²) < 4.78 is 0.988. The van der Waals surface area contributed by atoms with Crippen molar-refractivity contribution in [1.82, 2.24) is 5.32 Å². The highest BCUT2D eigenvalue weighted by Gasteiger charge is 2.32. The molecule has 1 rings (SSSR count). The zero-order valence-corrected chi connectivity index (χ0v) is 12.3. The first-order chi connectivity index (χ1) is 8.37. The number of halogens is 1. The molecule has 0 fully saturated rings.